The lowest BCUT2D eigenvalue weighted by atomic mass is 9.77. The van der Waals surface area contributed by atoms with Crippen LogP contribution in [0, 0.1) is 22.0 Å². The molecule has 1 aliphatic carbocycles. The topological polar surface area (TPSA) is 132 Å². The van der Waals surface area contributed by atoms with E-state index in [1.54, 1.807) is 0 Å². The van der Waals surface area contributed by atoms with Gasteiger partial charge >= 0.3 is 11.9 Å². The molecule has 6 N–H and O–H groups in total. The summed E-state index contributed by atoms with van der Waals surface area (Å²) in [4.78, 5) is 15.2. The average molecular weight is 440 g/mol. The van der Waals surface area contributed by atoms with Gasteiger partial charge in [-0.1, -0.05) is 18.2 Å². The third-order valence-electron chi connectivity index (χ3n) is 5.98. The molecule has 1 fully saturated rings. The number of alkyl halides is 3. The van der Waals surface area contributed by atoms with Gasteiger partial charge in [0.15, 0.2) is 11.6 Å². The number of nitrogens with zero attached hydrogens (tertiary/aromatic N) is 2. The Morgan fingerprint density at radius 3 is 2.45 bits per heavy atom. The number of aliphatic imine (C=N–C) groups is 1. The van der Waals surface area contributed by atoms with Crippen LogP contribution >= 0.6 is 0 Å². The van der Waals surface area contributed by atoms with Gasteiger partial charge in [0.25, 0.3) is 0 Å². The lowest BCUT2D eigenvalue weighted by Gasteiger charge is -2.37. The Balaban J connectivity index is 1.77. The molecular weight excluding hydrogens is 413 g/mol. The Morgan fingerprint density at radius 1 is 1.19 bits per heavy atom. The van der Waals surface area contributed by atoms with Crippen molar-refractivity contribution in [2.24, 2.45) is 28.3 Å². The summed E-state index contributed by atoms with van der Waals surface area (Å²) >= 11 is 0. The molecular formula is C20H27F3N6O2. The average Bonchev–Trinajstić information content (AvgIpc) is 2.72. The van der Waals surface area contributed by atoms with Crippen LogP contribution in [0.1, 0.15) is 43.2 Å². The third kappa shape index (κ3) is 5.53. The Morgan fingerprint density at radius 2 is 1.84 bits per heavy atom. The van der Waals surface area contributed by atoms with Crippen molar-refractivity contribution in [3.05, 3.63) is 57.4 Å². The number of benzene rings is 1. The van der Waals surface area contributed by atoms with Crippen molar-refractivity contribution >= 4 is 5.96 Å². The van der Waals surface area contributed by atoms with E-state index in [1.165, 1.54) is 18.2 Å². The molecule has 31 heavy (non-hydrogen) atoms. The van der Waals surface area contributed by atoms with Gasteiger partial charge in [-0.25, -0.2) is 4.99 Å². The summed E-state index contributed by atoms with van der Waals surface area (Å²) in [5.41, 5.74) is 9.66. The molecule has 1 aromatic carbocycles. The standard InChI is InChI=1S/C20H27F3N6O2/c21-20(22,23)16-4-2-1-3-15(16)11-26-18-27-12-17(29(30)31)19(25,28-18)9-13-5-7-14(10-24)8-6-13/h1-4,12-14H,5-11,24-25H2,(H2,26,27,28). The first kappa shape index (κ1) is 23.0. The number of nitrogens with one attached hydrogen (secondary N) is 2. The summed E-state index contributed by atoms with van der Waals surface area (Å²) in [6, 6.07) is 5.15. The van der Waals surface area contributed by atoms with Crippen molar-refractivity contribution in [1.29, 1.82) is 0 Å². The molecule has 1 unspecified atom stereocenters. The highest BCUT2D eigenvalue weighted by molar-refractivity contribution is 5.83. The van der Waals surface area contributed by atoms with Gasteiger partial charge in [-0.3, -0.25) is 15.8 Å². The van der Waals surface area contributed by atoms with Crippen LogP contribution in [-0.4, -0.2) is 23.1 Å². The second kappa shape index (κ2) is 9.23. The molecule has 0 radical (unpaired) electrons. The second-order valence-corrected chi connectivity index (χ2v) is 8.17. The Hall–Kier alpha value is -2.66. The van der Waals surface area contributed by atoms with Crippen molar-refractivity contribution in [2.45, 2.75) is 50.5 Å². The molecule has 11 heteroatoms. The molecule has 1 saturated carbocycles. The second-order valence-electron chi connectivity index (χ2n) is 8.17. The Kier molecular flexibility index (Phi) is 6.85. The van der Waals surface area contributed by atoms with E-state index in [2.05, 4.69) is 15.6 Å². The van der Waals surface area contributed by atoms with E-state index in [0.29, 0.717) is 18.9 Å². The fraction of sp³-hybridized carbons (Fsp3) is 0.550. The predicted octanol–water partition coefficient (Wildman–Crippen LogP) is 2.68. The van der Waals surface area contributed by atoms with Gasteiger partial charge in [0, 0.05) is 0 Å². The zero-order valence-electron chi connectivity index (χ0n) is 17.0. The molecule has 2 aliphatic rings. The quantitative estimate of drug-likeness (QED) is 0.397. The first-order chi connectivity index (χ1) is 14.6. The largest absolute Gasteiger partial charge is 0.416 e. The van der Waals surface area contributed by atoms with E-state index in [1.807, 2.05) is 0 Å². The van der Waals surface area contributed by atoms with Crippen LogP contribution in [0.2, 0.25) is 0 Å². The van der Waals surface area contributed by atoms with Crippen LogP contribution in [0.3, 0.4) is 0 Å². The van der Waals surface area contributed by atoms with Crippen molar-refractivity contribution in [1.82, 2.24) is 10.6 Å². The zero-order chi connectivity index (χ0) is 22.6. The summed E-state index contributed by atoms with van der Waals surface area (Å²) in [6.45, 7) is 0.364. The van der Waals surface area contributed by atoms with Gasteiger partial charge in [0.2, 0.25) is 0 Å². The molecule has 0 bridgehead atoms. The van der Waals surface area contributed by atoms with E-state index in [4.69, 9.17) is 11.5 Å². The van der Waals surface area contributed by atoms with Gasteiger partial charge in [0.1, 0.15) is 0 Å². The number of hydrogen-bond acceptors (Lipinski definition) is 5. The number of nitro groups is 1. The monoisotopic (exact) mass is 440 g/mol. The van der Waals surface area contributed by atoms with Gasteiger partial charge in [0.05, 0.1) is 23.2 Å². The van der Waals surface area contributed by atoms with Crippen LogP contribution in [0.15, 0.2) is 41.2 Å². The molecule has 0 spiro atoms. The van der Waals surface area contributed by atoms with E-state index in [9.17, 15) is 23.3 Å². The highest BCUT2D eigenvalue weighted by Crippen LogP contribution is 2.35. The molecule has 3 rings (SSSR count). The van der Waals surface area contributed by atoms with Gasteiger partial charge in [-0.2, -0.15) is 13.2 Å². The van der Waals surface area contributed by atoms with E-state index < -0.39 is 22.3 Å². The molecule has 1 heterocycles. The summed E-state index contributed by atoms with van der Waals surface area (Å²) in [5.74, 6) is 0.733. The van der Waals surface area contributed by atoms with Crippen LogP contribution in [0.25, 0.3) is 0 Å². The third-order valence-corrected chi connectivity index (χ3v) is 5.98. The Labute approximate surface area is 178 Å². The van der Waals surface area contributed by atoms with E-state index >= 15 is 0 Å². The van der Waals surface area contributed by atoms with Crippen LogP contribution < -0.4 is 22.1 Å². The maximum atomic E-state index is 13.2. The maximum absolute atomic E-state index is 13.2. The Bertz CT molecular complexity index is 865. The molecule has 0 amide bonds. The van der Waals surface area contributed by atoms with Crippen LogP contribution in [0.5, 0.6) is 0 Å². The van der Waals surface area contributed by atoms with Crippen LogP contribution in [-0.2, 0) is 12.7 Å². The zero-order valence-corrected chi connectivity index (χ0v) is 17.0. The lowest BCUT2D eigenvalue weighted by Crippen LogP contribution is -2.64. The predicted molar refractivity (Wildman–Crippen MR) is 110 cm³/mol. The van der Waals surface area contributed by atoms with Crippen LogP contribution in [0.4, 0.5) is 13.2 Å². The summed E-state index contributed by atoms with van der Waals surface area (Å²) in [6.07, 6.45) is 0.611. The summed E-state index contributed by atoms with van der Waals surface area (Å²) < 4.78 is 39.6. The van der Waals surface area contributed by atoms with Gasteiger partial charge < -0.3 is 16.4 Å². The number of guanidine groups is 1. The molecule has 8 nitrogen and oxygen atoms in total. The number of halogens is 3. The first-order valence-corrected chi connectivity index (χ1v) is 10.2. The highest BCUT2D eigenvalue weighted by Gasteiger charge is 2.44. The number of nitrogens with two attached hydrogens (primary N) is 2. The maximum Gasteiger partial charge on any atom is 0.416 e. The molecule has 1 aliphatic heterocycles. The molecule has 0 saturated heterocycles. The minimum Gasteiger partial charge on any atom is -0.330 e. The normalized spacial score (nSPS) is 27.9. The SMILES string of the molecule is NCC1CCC(CC2(N)NC(=NCc3ccccc3C(F)(F)F)NC=C2[N+](=O)[O-])CC1. The van der Waals surface area contributed by atoms with Gasteiger partial charge in [-0.15, -0.1) is 0 Å². The fourth-order valence-corrected chi connectivity index (χ4v) is 4.26. The van der Waals surface area contributed by atoms with Crippen molar-refractivity contribution < 1.29 is 18.1 Å². The summed E-state index contributed by atoms with van der Waals surface area (Å²) in [7, 11) is 0. The first-order valence-electron chi connectivity index (χ1n) is 10.2. The van der Waals surface area contributed by atoms with E-state index in [-0.39, 0.29) is 29.7 Å². The minimum absolute atomic E-state index is 0.00196. The van der Waals surface area contributed by atoms with Gasteiger partial charge in [-0.05, 0) is 62.1 Å². The minimum atomic E-state index is -4.50. The summed E-state index contributed by atoms with van der Waals surface area (Å²) in [5, 5.41) is 17.1. The molecule has 0 aromatic heterocycles. The smallest absolute Gasteiger partial charge is 0.330 e. The van der Waals surface area contributed by atoms with Crippen molar-refractivity contribution in [2.75, 3.05) is 6.54 Å². The van der Waals surface area contributed by atoms with Crippen molar-refractivity contribution in [3.63, 3.8) is 0 Å². The highest BCUT2D eigenvalue weighted by atomic mass is 19.4. The fourth-order valence-electron chi connectivity index (χ4n) is 4.26. The molecule has 1 aromatic rings. The number of rotatable bonds is 6. The number of hydrogen-bond donors (Lipinski definition) is 4. The van der Waals surface area contributed by atoms with Crippen molar-refractivity contribution in [3.8, 4) is 0 Å². The van der Waals surface area contributed by atoms with E-state index in [0.717, 1.165) is 37.9 Å². The lowest BCUT2D eigenvalue weighted by molar-refractivity contribution is -0.437. The molecule has 1 atom stereocenters. The molecule has 170 valence electrons.